The highest BCUT2D eigenvalue weighted by molar-refractivity contribution is 5.78. The maximum atomic E-state index is 12.7. The fourth-order valence-corrected chi connectivity index (χ4v) is 2.05. The van der Waals surface area contributed by atoms with Gasteiger partial charge in [0, 0.05) is 25.7 Å². The zero-order valence-corrected chi connectivity index (χ0v) is 9.95. The summed E-state index contributed by atoms with van der Waals surface area (Å²) in [6.45, 7) is 4.41. The molecular formula is C13H17FN2O. The quantitative estimate of drug-likeness (QED) is 0.836. The van der Waals surface area contributed by atoms with Crippen LogP contribution in [0.5, 0.6) is 0 Å². The van der Waals surface area contributed by atoms with E-state index < -0.39 is 0 Å². The van der Waals surface area contributed by atoms with Crippen LogP contribution in [0.15, 0.2) is 24.3 Å². The minimum Gasteiger partial charge on any atom is -0.340 e. The minimum atomic E-state index is -0.267. The molecule has 1 amide bonds. The molecule has 1 aliphatic rings. The number of nitrogens with one attached hydrogen (secondary N) is 1. The summed E-state index contributed by atoms with van der Waals surface area (Å²) in [7, 11) is 0. The van der Waals surface area contributed by atoms with Crippen LogP contribution in [0.4, 0.5) is 4.39 Å². The largest absolute Gasteiger partial charge is 0.340 e. The highest BCUT2D eigenvalue weighted by Crippen LogP contribution is 2.07. The van der Waals surface area contributed by atoms with Crippen molar-refractivity contribution in [2.75, 3.05) is 19.6 Å². The van der Waals surface area contributed by atoms with Crippen molar-refractivity contribution in [3.05, 3.63) is 35.6 Å². The van der Waals surface area contributed by atoms with Crippen molar-refractivity contribution in [1.82, 2.24) is 10.2 Å². The Hall–Kier alpha value is -1.42. The molecule has 1 aromatic carbocycles. The van der Waals surface area contributed by atoms with E-state index in [1.165, 1.54) is 12.1 Å². The second-order valence-corrected chi connectivity index (χ2v) is 4.50. The average Bonchev–Trinajstić information content (AvgIpc) is 2.32. The Bertz CT molecular complexity index is 391. The summed E-state index contributed by atoms with van der Waals surface area (Å²) in [4.78, 5) is 13.9. The van der Waals surface area contributed by atoms with Gasteiger partial charge < -0.3 is 10.2 Å². The standard InChI is InChI=1S/C13H17FN2O/c1-10-9-16(7-6-15-10)13(17)8-11-2-4-12(14)5-3-11/h2-5,10,15H,6-9H2,1H3/t10-/m0/s1. The van der Waals surface area contributed by atoms with E-state index in [2.05, 4.69) is 12.2 Å². The molecule has 0 aliphatic carbocycles. The summed E-state index contributed by atoms with van der Waals surface area (Å²) in [6, 6.07) is 6.46. The van der Waals surface area contributed by atoms with Crippen LogP contribution in [0.3, 0.4) is 0 Å². The number of carbonyl (C=O) groups is 1. The molecule has 0 unspecified atom stereocenters. The number of carbonyl (C=O) groups excluding carboxylic acids is 1. The molecule has 1 aromatic rings. The summed E-state index contributed by atoms with van der Waals surface area (Å²) in [6.07, 6.45) is 0.354. The first-order valence-corrected chi connectivity index (χ1v) is 5.91. The lowest BCUT2D eigenvalue weighted by Crippen LogP contribution is -2.51. The molecule has 0 spiro atoms. The van der Waals surface area contributed by atoms with E-state index in [0.29, 0.717) is 12.5 Å². The summed E-state index contributed by atoms with van der Waals surface area (Å²) in [5.41, 5.74) is 0.864. The molecule has 0 aromatic heterocycles. The monoisotopic (exact) mass is 236 g/mol. The Labute approximate surface area is 101 Å². The van der Waals surface area contributed by atoms with Crippen LogP contribution >= 0.6 is 0 Å². The smallest absolute Gasteiger partial charge is 0.227 e. The average molecular weight is 236 g/mol. The van der Waals surface area contributed by atoms with Crippen LogP contribution in [0.25, 0.3) is 0 Å². The van der Waals surface area contributed by atoms with E-state index in [0.717, 1.165) is 25.2 Å². The van der Waals surface area contributed by atoms with Crippen molar-refractivity contribution in [3.8, 4) is 0 Å². The Kier molecular flexibility index (Phi) is 3.74. The van der Waals surface area contributed by atoms with E-state index in [9.17, 15) is 9.18 Å². The van der Waals surface area contributed by atoms with Gasteiger partial charge in [0.25, 0.3) is 0 Å². The van der Waals surface area contributed by atoms with Gasteiger partial charge in [-0.15, -0.1) is 0 Å². The lowest BCUT2D eigenvalue weighted by atomic mass is 10.1. The predicted molar refractivity (Wildman–Crippen MR) is 64.1 cm³/mol. The van der Waals surface area contributed by atoms with E-state index in [4.69, 9.17) is 0 Å². The van der Waals surface area contributed by atoms with Gasteiger partial charge in [0.2, 0.25) is 5.91 Å². The summed E-state index contributed by atoms with van der Waals surface area (Å²) in [5.74, 6) is -0.151. The summed E-state index contributed by atoms with van der Waals surface area (Å²) < 4.78 is 12.7. The molecule has 1 saturated heterocycles. The topological polar surface area (TPSA) is 32.3 Å². The molecule has 2 rings (SSSR count). The van der Waals surface area contributed by atoms with E-state index in [1.54, 1.807) is 12.1 Å². The second-order valence-electron chi connectivity index (χ2n) is 4.50. The number of amides is 1. The third-order valence-corrected chi connectivity index (χ3v) is 2.99. The first-order valence-electron chi connectivity index (χ1n) is 5.91. The first-order chi connectivity index (χ1) is 8.15. The number of hydrogen-bond donors (Lipinski definition) is 1. The molecule has 4 heteroatoms. The molecule has 0 bridgehead atoms. The molecule has 92 valence electrons. The summed E-state index contributed by atoms with van der Waals surface area (Å²) >= 11 is 0. The molecule has 0 saturated carbocycles. The van der Waals surface area contributed by atoms with Crippen molar-refractivity contribution in [3.63, 3.8) is 0 Å². The van der Waals surface area contributed by atoms with Gasteiger partial charge in [-0.05, 0) is 24.6 Å². The molecule has 3 nitrogen and oxygen atoms in total. The van der Waals surface area contributed by atoms with Gasteiger partial charge in [0.05, 0.1) is 6.42 Å². The zero-order chi connectivity index (χ0) is 12.3. The van der Waals surface area contributed by atoms with Gasteiger partial charge in [0.15, 0.2) is 0 Å². The second kappa shape index (κ2) is 5.27. The number of benzene rings is 1. The Morgan fingerprint density at radius 2 is 2.18 bits per heavy atom. The highest BCUT2D eigenvalue weighted by atomic mass is 19.1. The van der Waals surface area contributed by atoms with Gasteiger partial charge in [0.1, 0.15) is 5.82 Å². The fourth-order valence-electron chi connectivity index (χ4n) is 2.05. The molecule has 17 heavy (non-hydrogen) atoms. The maximum absolute atomic E-state index is 12.7. The molecule has 1 fully saturated rings. The van der Waals surface area contributed by atoms with Crippen molar-refractivity contribution < 1.29 is 9.18 Å². The normalized spacial score (nSPS) is 20.4. The number of nitrogens with zero attached hydrogens (tertiary/aromatic N) is 1. The number of piperazine rings is 1. The molecule has 1 N–H and O–H groups in total. The van der Waals surface area contributed by atoms with Gasteiger partial charge >= 0.3 is 0 Å². The number of rotatable bonds is 2. The SMILES string of the molecule is C[C@H]1CN(C(=O)Cc2ccc(F)cc2)CCN1. The van der Waals surface area contributed by atoms with Gasteiger partial charge in [-0.3, -0.25) is 4.79 Å². The van der Waals surface area contributed by atoms with Crippen LogP contribution in [-0.2, 0) is 11.2 Å². The van der Waals surface area contributed by atoms with Crippen LogP contribution in [0, 0.1) is 5.82 Å². The summed E-state index contributed by atoms with van der Waals surface area (Å²) in [5, 5.41) is 3.29. The lowest BCUT2D eigenvalue weighted by Gasteiger charge is -2.32. The van der Waals surface area contributed by atoms with Crippen LogP contribution in [0.1, 0.15) is 12.5 Å². The highest BCUT2D eigenvalue weighted by Gasteiger charge is 2.20. The third kappa shape index (κ3) is 3.27. The third-order valence-electron chi connectivity index (χ3n) is 2.99. The van der Waals surface area contributed by atoms with Crippen LogP contribution < -0.4 is 5.32 Å². The van der Waals surface area contributed by atoms with E-state index in [-0.39, 0.29) is 11.7 Å². The van der Waals surface area contributed by atoms with Crippen molar-refractivity contribution in [1.29, 1.82) is 0 Å². The van der Waals surface area contributed by atoms with Crippen molar-refractivity contribution >= 4 is 5.91 Å². The Balaban J connectivity index is 1.94. The lowest BCUT2D eigenvalue weighted by molar-refractivity contribution is -0.131. The van der Waals surface area contributed by atoms with E-state index >= 15 is 0 Å². The zero-order valence-electron chi connectivity index (χ0n) is 9.95. The van der Waals surface area contributed by atoms with E-state index in [1.807, 2.05) is 4.90 Å². The molecule has 0 radical (unpaired) electrons. The maximum Gasteiger partial charge on any atom is 0.227 e. The Morgan fingerprint density at radius 1 is 1.47 bits per heavy atom. The van der Waals surface area contributed by atoms with Crippen LogP contribution in [-0.4, -0.2) is 36.5 Å². The molecule has 1 aliphatic heterocycles. The predicted octanol–water partition coefficient (Wildman–Crippen LogP) is 1.19. The molecule has 1 atom stereocenters. The van der Waals surface area contributed by atoms with Crippen molar-refractivity contribution in [2.45, 2.75) is 19.4 Å². The molecule has 1 heterocycles. The van der Waals surface area contributed by atoms with Gasteiger partial charge in [-0.25, -0.2) is 4.39 Å². The van der Waals surface area contributed by atoms with Crippen LogP contribution in [0.2, 0.25) is 0 Å². The van der Waals surface area contributed by atoms with Gasteiger partial charge in [-0.1, -0.05) is 12.1 Å². The number of halogens is 1. The van der Waals surface area contributed by atoms with Gasteiger partial charge in [-0.2, -0.15) is 0 Å². The minimum absolute atomic E-state index is 0.116. The fraction of sp³-hybridized carbons (Fsp3) is 0.462. The Morgan fingerprint density at radius 3 is 2.82 bits per heavy atom. The van der Waals surface area contributed by atoms with Crippen molar-refractivity contribution in [2.24, 2.45) is 0 Å². The first kappa shape index (κ1) is 12.0. The molecular weight excluding hydrogens is 219 g/mol. The number of hydrogen-bond acceptors (Lipinski definition) is 2.